The number of likely N-dealkylation sites (N-methyl/N-ethyl adjacent to an activating group) is 1. The second-order valence-corrected chi connectivity index (χ2v) is 11.1. The van der Waals surface area contributed by atoms with Gasteiger partial charge in [-0.3, -0.25) is 14.6 Å². The van der Waals surface area contributed by atoms with Crippen molar-refractivity contribution in [3.8, 4) is 11.1 Å². The fourth-order valence-electron chi connectivity index (χ4n) is 4.59. The predicted molar refractivity (Wildman–Crippen MR) is 164 cm³/mol. The fraction of sp³-hybridized carbons (Fsp3) is 0.273. The highest BCUT2D eigenvalue weighted by Gasteiger charge is 2.31. The molecule has 4 aromatic rings. The standard InChI is InChI=1S/C33H36N4O3S/c1-24-31(41-25(2)35-24)14-15-32(38)37(23-27-10-12-28(13-11-27)29-16-18-34-19-17-29)30(22-26-8-6-5-7-9-26)33(39)36(3)20-21-40-4/h5-19,30H,20-23H2,1-4H3/b15-14+/t30-/m0/s1. The number of hydrogen-bond donors (Lipinski definition) is 0. The van der Waals surface area contributed by atoms with Gasteiger partial charge in [-0.1, -0.05) is 54.6 Å². The van der Waals surface area contributed by atoms with Crippen molar-refractivity contribution in [3.63, 3.8) is 0 Å². The summed E-state index contributed by atoms with van der Waals surface area (Å²) in [6, 6.07) is 21.1. The van der Waals surface area contributed by atoms with Crippen LogP contribution in [-0.2, 0) is 27.3 Å². The van der Waals surface area contributed by atoms with Gasteiger partial charge >= 0.3 is 0 Å². The van der Waals surface area contributed by atoms with Crippen LogP contribution in [0, 0.1) is 13.8 Å². The number of hydrogen-bond acceptors (Lipinski definition) is 6. The first-order valence-electron chi connectivity index (χ1n) is 13.6. The van der Waals surface area contributed by atoms with E-state index in [0.29, 0.717) is 19.6 Å². The molecule has 1 atom stereocenters. The van der Waals surface area contributed by atoms with Crippen LogP contribution in [0.3, 0.4) is 0 Å². The van der Waals surface area contributed by atoms with Crippen molar-refractivity contribution in [2.75, 3.05) is 27.3 Å². The fourth-order valence-corrected chi connectivity index (χ4v) is 5.42. The van der Waals surface area contributed by atoms with E-state index in [9.17, 15) is 9.59 Å². The molecule has 0 fully saturated rings. The minimum Gasteiger partial charge on any atom is -0.383 e. The topological polar surface area (TPSA) is 75.6 Å². The Hall–Kier alpha value is -4.14. The molecule has 2 heterocycles. The number of pyridine rings is 1. The second-order valence-electron chi connectivity index (χ2n) is 9.87. The molecule has 0 saturated heterocycles. The predicted octanol–water partition coefficient (Wildman–Crippen LogP) is 5.58. The minimum atomic E-state index is -0.708. The molecule has 0 spiro atoms. The first-order chi connectivity index (χ1) is 19.9. The van der Waals surface area contributed by atoms with Crippen LogP contribution < -0.4 is 0 Å². The highest BCUT2D eigenvalue weighted by Crippen LogP contribution is 2.23. The smallest absolute Gasteiger partial charge is 0.247 e. The number of methoxy groups -OCH3 is 1. The van der Waals surface area contributed by atoms with E-state index in [0.717, 1.165) is 37.8 Å². The summed E-state index contributed by atoms with van der Waals surface area (Å²) in [5.74, 6) is -0.367. The summed E-state index contributed by atoms with van der Waals surface area (Å²) in [7, 11) is 3.37. The lowest BCUT2D eigenvalue weighted by atomic mass is 10.0. The maximum absolute atomic E-state index is 13.9. The lowest BCUT2D eigenvalue weighted by Gasteiger charge is -2.33. The zero-order chi connectivity index (χ0) is 29.2. The lowest BCUT2D eigenvalue weighted by Crippen LogP contribution is -2.51. The van der Waals surface area contributed by atoms with E-state index in [-0.39, 0.29) is 18.4 Å². The van der Waals surface area contributed by atoms with Gasteiger partial charge in [0.25, 0.3) is 0 Å². The number of carbonyl (C=O) groups excluding carboxylic acids is 2. The van der Waals surface area contributed by atoms with Crippen molar-refractivity contribution in [1.82, 2.24) is 19.8 Å². The van der Waals surface area contributed by atoms with Gasteiger partial charge in [-0.05, 0) is 54.3 Å². The third-order valence-corrected chi connectivity index (χ3v) is 7.90. The van der Waals surface area contributed by atoms with Crippen LogP contribution in [0.4, 0.5) is 0 Å². The number of thiazole rings is 1. The summed E-state index contributed by atoms with van der Waals surface area (Å²) in [6.45, 7) is 5.00. The van der Waals surface area contributed by atoms with E-state index in [1.807, 2.05) is 80.6 Å². The van der Waals surface area contributed by atoms with Crippen molar-refractivity contribution in [2.24, 2.45) is 0 Å². The van der Waals surface area contributed by atoms with Crippen LogP contribution in [-0.4, -0.2) is 64.9 Å². The summed E-state index contributed by atoms with van der Waals surface area (Å²) in [5.41, 5.74) is 4.91. The Bertz CT molecular complexity index is 1450. The molecule has 0 bridgehead atoms. The summed E-state index contributed by atoms with van der Waals surface area (Å²) in [4.78, 5) is 40.6. The van der Waals surface area contributed by atoms with E-state index in [1.165, 1.54) is 0 Å². The Morgan fingerprint density at radius 1 is 0.951 bits per heavy atom. The molecule has 0 aliphatic carbocycles. The van der Waals surface area contributed by atoms with Gasteiger partial charge in [0.1, 0.15) is 6.04 Å². The van der Waals surface area contributed by atoms with Crippen LogP contribution in [0.1, 0.15) is 26.7 Å². The minimum absolute atomic E-state index is 0.133. The van der Waals surface area contributed by atoms with E-state index in [2.05, 4.69) is 9.97 Å². The van der Waals surface area contributed by atoms with Gasteiger partial charge in [0.05, 0.1) is 22.2 Å². The number of nitrogens with zero attached hydrogens (tertiary/aromatic N) is 4. The van der Waals surface area contributed by atoms with Gasteiger partial charge in [-0.15, -0.1) is 11.3 Å². The summed E-state index contributed by atoms with van der Waals surface area (Å²) >= 11 is 1.54. The Kier molecular flexibility index (Phi) is 10.5. The van der Waals surface area contributed by atoms with Crippen molar-refractivity contribution < 1.29 is 14.3 Å². The average molecular weight is 569 g/mol. The number of carbonyl (C=O) groups is 2. The van der Waals surface area contributed by atoms with Crippen LogP contribution in [0.2, 0.25) is 0 Å². The van der Waals surface area contributed by atoms with Gasteiger partial charge in [0.15, 0.2) is 0 Å². The third kappa shape index (κ3) is 8.19. The highest BCUT2D eigenvalue weighted by atomic mass is 32.1. The van der Waals surface area contributed by atoms with Crippen molar-refractivity contribution >= 4 is 29.2 Å². The van der Waals surface area contributed by atoms with Crippen molar-refractivity contribution in [2.45, 2.75) is 32.9 Å². The number of ether oxygens (including phenoxy) is 1. The average Bonchev–Trinajstić information content (AvgIpc) is 3.33. The van der Waals surface area contributed by atoms with E-state index >= 15 is 0 Å². The molecule has 7 nitrogen and oxygen atoms in total. The zero-order valence-electron chi connectivity index (χ0n) is 24.0. The van der Waals surface area contributed by atoms with Crippen molar-refractivity contribution in [3.05, 3.63) is 112 Å². The molecule has 2 amide bonds. The van der Waals surface area contributed by atoms with E-state index in [1.54, 1.807) is 59.8 Å². The molecule has 0 radical (unpaired) electrons. The van der Waals surface area contributed by atoms with Gasteiger partial charge in [0, 0.05) is 52.1 Å². The van der Waals surface area contributed by atoms with Crippen molar-refractivity contribution in [1.29, 1.82) is 0 Å². The number of aryl methyl sites for hydroxylation is 2. The monoisotopic (exact) mass is 568 g/mol. The quantitative estimate of drug-likeness (QED) is 0.209. The molecule has 0 unspecified atom stereocenters. The maximum Gasteiger partial charge on any atom is 0.247 e. The Labute approximate surface area is 246 Å². The van der Waals surface area contributed by atoms with Gasteiger partial charge in [-0.25, -0.2) is 4.98 Å². The van der Waals surface area contributed by atoms with Crippen LogP contribution in [0.25, 0.3) is 17.2 Å². The molecule has 0 N–H and O–H groups in total. The second kappa shape index (κ2) is 14.5. The third-order valence-electron chi connectivity index (χ3n) is 6.86. The zero-order valence-corrected chi connectivity index (χ0v) is 24.8. The Balaban J connectivity index is 1.69. The largest absolute Gasteiger partial charge is 0.383 e. The molecule has 0 aliphatic rings. The Morgan fingerprint density at radius 3 is 2.27 bits per heavy atom. The summed E-state index contributed by atoms with van der Waals surface area (Å²) in [6.07, 6.45) is 7.29. The van der Waals surface area contributed by atoms with E-state index in [4.69, 9.17) is 4.74 Å². The molecule has 0 saturated carbocycles. The summed E-state index contributed by atoms with van der Waals surface area (Å²) < 4.78 is 5.22. The Morgan fingerprint density at radius 2 is 1.63 bits per heavy atom. The lowest BCUT2D eigenvalue weighted by molar-refractivity contribution is -0.143. The molecular formula is C33H36N4O3S. The van der Waals surface area contributed by atoms with Crippen LogP contribution in [0.5, 0.6) is 0 Å². The number of aromatic nitrogens is 2. The van der Waals surface area contributed by atoms with Gasteiger partial charge < -0.3 is 14.5 Å². The van der Waals surface area contributed by atoms with Gasteiger partial charge in [-0.2, -0.15) is 0 Å². The summed E-state index contributed by atoms with van der Waals surface area (Å²) in [5, 5.41) is 0.942. The van der Waals surface area contributed by atoms with Crippen LogP contribution >= 0.6 is 11.3 Å². The molecular weight excluding hydrogens is 532 g/mol. The number of benzene rings is 2. The van der Waals surface area contributed by atoms with E-state index < -0.39 is 6.04 Å². The van der Waals surface area contributed by atoms with Gasteiger partial charge in [0.2, 0.25) is 11.8 Å². The molecule has 41 heavy (non-hydrogen) atoms. The number of amides is 2. The van der Waals surface area contributed by atoms with Crippen LogP contribution in [0.15, 0.2) is 85.2 Å². The molecule has 2 aromatic carbocycles. The first kappa shape index (κ1) is 29.8. The molecule has 212 valence electrons. The first-order valence-corrected chi connectivity index (χ1v) is 14.4. The molecule has 4 rings (SSSR count). The maximum atomic E-state index is 13.9. The normalized spacial score (nSPS) is 11.9. The molecule has 8 heteroatoms. The molecule has 2 aromatic heterocycles. The SMILES string of the molecule is COCCN(C)C(=O)[C@H](Cc1ccccc1)N(Cc1ccc(-c2ccncc2)cc1)C(=O)/C=C/c1sc(C)nc1C. The highest BCUT2D eigenvalue weighted by molar-refractivity contribution is 7.12. The molecule has 0 aliphatic heterocycles. The number of rotatable bonds is 12.